The zero-order chi connectivity index (χ0) is 8.43. The topological polar surface area (TPSA) is 20.2 Å². The molecule has 11 heavy (non-hydrogen) atoms. The van der Waals surface area contributed by atoms with Crippen LogP contribution in [-0.4, -0.2) is 5.11 Å². The molecule has 0 aromatic rings. The van der Waals surface area contributed by atoms with Crippen molar-refractivity contribution in [3.05, 3.63) is 12.3 Å². The molecule has 1 aliphatic carbocycles. The van der Waals surface area contributed by atoms with Gasteiger partial charge in [0.2, 0.25) is 0 Å². The van der Waals surface area contributed by atoms with Crippen molar-refractivity contribution in [2.24, 2.45) is 17.8 Å². The first-order chi connectivity index (χ1) is 5.11. The maximum absolute atomic E-state index is 9.19. The summed E-state index contributed by atoms with van der Waals surface area (Å²) < 4.78 is 0. The first-order valence-corrected chi connectivity index (χ1v) is 4.49. The van der Waals surface area contributed by atoms with Crippen LogP contribution in [0.1, 0.15) is 33.1 Å². The van der Waals surface area contributed by atoms with Crippen LogP contribution in [0.25, 0.3) is 0 Å². The highest BCUT2D eigenvalue weighted by atomic mass is 16.3. The maximum atomic E-state index is 9.19. The van der Waals surface area contributed by atoms with Crippen LogP contribution in [0.3, 0.4) is 0 Å². The Hall–Kier alpha value is -0.460. The number of aliphatic hydroxyl groups excluding tert-OH is 1. The predicted octanol–water partition coefficient (Wildman–Crippen LogP) is 3.13. The molecule has 0 heterocycles. The number of aliphatic hydroxyl groups is 1. The molecule has 1 saturated carbocycles. The zero-order valence-corrected chi connectivity index (χ0v) is 7.51. The Kier molecular flexibility index (Phi) is 2.58. The molecule has 3 atom stereocenters. The summed E-state index contributed by atoms with van der Waals surface area (Å²) in [7, 11) is 0. The lowest BCUT2D eigenvalue weighted by Gasteiger charge is -2.31. The lowest BCUT2D eigenvalue weighted by molar-refractivity contribution is 0.189. The quantitative estimate of drug-likeness (QED) is 0.575. The van der Waals surface area contributed by atoms with Gasteiger partial charge in [0.1, 0.15) is 0 Å². The van der Waals surface area contributed by atoms with Gasteiger partial charge in [-0.3, -0.25) is 0 Å². The predicted molar refractivity (Wildman–Crippen MR) is 47.4 cm³/mol. The van der Waals surface area contributed by atoms with Crippen LogP contribution in [0.15, 0.2) is 12.3 Å². The Labute approximate surface area is 69.1 Å². The minimum atomic E-state index is 0.376. The fourth-order valence-electron chi connectivity index (χ4n) is 1.85. The minimum Gasteiger partial charge on any atom is -0.513 e. The normalized spacial score (nSPS) is 38.5. The van der Waals surface area contributed by atoms with Crippen molar-refractivity contribution < 1.29 is 5.11 Å². The van der Waals surface area contributed by atoms with Gasteiger partial charge in [0, 0.05) is 5.92 Å². The summed E-state index contributed by atoms with van der Waals surface area (Å²) >= 11 is 0. The van der Waals surface area contributed by atoms with Crippen molar-refractivity contribution >= 4 is 0 Å². The van der Waals surface area contributed by atoms with Crippen molar-refractivity contribution in [3.8, 4) is 0 Å². The van der Waals surface area contributed by atoms with E-state index in [0.717, 1.165) is 24.7 Å². The Bertz CT molecular complexity index is 151. The summed E-state index contributed by atoms with van der Waals surface area (Å²) in [6.45, 7) is 8.15. The van der Waals surface area contributed by atoms with Crippen LogP contribution in [-0.2, 0) is 0 Å². The van der Waals surface area contributed by atoms with E-state index in [2.05, 4.69) is 20.4 Å². The van der Waals surface area contributed by atoms with Gasteiger partial charge in [-0.25, -0.2) is 0 Å². The molecule has 1 aliphatic rings. The third-order valence-corrected chi connectivity index (χ3v) is 3.07. The highest BCUT2D eigenvalue weighted by molar-refractivity contribution is 4.92. The Morgan fingerprint density at radius 3 is 2.36 bits per heavy atom. The second-order valence-electron chi connectivity index (χ2n) is 3.96. The first-order valence-electron chi connectivity index (χ1n) is 4.49. The van der Waals surface area contributed by atoms with Gasteiger partial charge in [-0.2, -0.15) is 0 Å². The SMILES string of the molecule is C=C(O)C1CC[C@@H](C)C(C)C1. The molecular formula is C10H18O. The van der Waals surface area contributed by atoms with Gasteiger partial charge >= 0.3 is 0 Å². The van der Waals surface area contributed by atoms with Gasteiger partial charge in [-0.1, -0.05) is 20.4 Å². The zero-order valence-electron chi connectivity index (χ0n) is 7.51. The van der Waals surface area contributed by atoms with E-state index in [1.54, 1.807) is 0 Å². The molecule has 0 radical (unpaired) electrons. The van der Waals surface area contributed by atoms with Gasteiger partial charge in [-0.05, 0) is 31.1 Å². The van der Waals surface area contributed by atoms with Crippen LogP contribution >= 0.6 is 0 Å². The summed E-state index contributed by atoms with van der Waals surface area (Å²) in [6.07, 6.45) is 3.49. The van der Waals surface area contributed by atoms with E-state index in [4.69, 9.17) is 0 Å². The highest BCUT2D eigenvalue weighted by Crippen LogP contribution is 2.35. The van der Waals surface area contributed by atoms with Crippen molar-refractivity contribution in [1.29, 1.82) is 0 Å². The molecule has 64 valence electrons. The fourth-order valence-corrected chi connectivity index (χ4v) is 1.85. The van der Waals surface area contributed by atoms with E-state index in [1.165, 1.54) is 6.42 Å². The van der Waals surface area contributed by atoms with Crippen LogP contribution in [0.2, 0.25) is 0 Å². The lowest BCUT2D eigenvalue weighted by Crippen LogP contribution is -2.21. The van der Waals surface area contributed by atoms with Crippen LogP contribution in [0.5, 0.6) is 0 Å². The molecule has 0 aliphatic heterocycles. The third-order valence-electron chi connectivity index (χ3n) is 3.07. The van der Waals surface area contributed by atoms with Crippen LogP contribution < -0.4 is 0 Å². The molecule has 2 unspecified atom stereocenters. The molecule has 1 fully saturated rings. The molecule has 1 rings (SSSR count). The molecule has 0 bridgehead atoms. The molecule has 1 nitrogen and oxygen atoms in total. The molecular weight excluding hydrogens is 136 g/mol. The first kappa shape index (κ1) is 8.63. The van der Waals surface area contributed by atoms with Crippen molar-refractivity contribution in [1.82, 2.24) is 0 Å². The van der Waals surface area contributed by atoms with Gasteiger partial charge in [0.15, 0.2) is 0 Å². The van der Waals surface area contributed by atoms with Gasteiger partial charge in [0.25, 0.3) is 0 Å². The van der Waals surface area contributed by atoms with Crippen molar-refractivity contribution in [2.45, 2.75) is 33.1 Å². The molecule has 0 saturated heterocycles. The number of hydrogen-bond donors (Lipinski definition) is 1. The Morgan fingerprint density at radius 1 is 1.27 bits per heavy atom. The summed E-state index contributed by atoms with van der Waals surface area (Å²) in [5.74, 6) is 2.34. The van der Waals surface area contributed by atoms with E-state index in [-0.39, 0.29) is 0 Å². The monoisotopic (exact) mass is 154 g/mol. The van der Waals surface area contributed by atoms with E-state index >= 15 is 0 Å². The largest absolute Gasteiger partial charge is 0.513 e. The summed E-state index contributed by atoms with van der Waals surface area (Å²) in [5.41, 5.74) is 0. The van der Waals surface area contributed by atoms with Crippen molar-refractivity contribution in [3.63, 3.8) is 0 Å². The standard InChI is InChI=1S/C10H18O/c1-7-4-5-10(9(3)11)6-8(7)2/h7-8,10-11H,3-6H2,1-2H3/t7-,8?,10?/m1/s1. The van der Waals surface area contributed by atoms with Gasteiger partial charge in [-0.15, -0.1) is 0 Å². The second kappa shape index (κ2) is 3.29. The van der Waals surface area contributed by atoms with Crippen LogP contribution in [0.4, 0.5) is 0 Å². The second-order valence-corrected chi connectivity index (χ2v) is 3.96. The summed E-state index contributed by atoms with van der Waals surface area (Å²) in [4.78, 5) is 0. The fraction of sp³-hybridized carbons (Fsp3) is 0.800. The maximum Gasteiger partial charge on any atom is 0.0882 e. The molecule has 1 heteroatoms. The smallest absolute Gasteiger partial charge is 0.0882 e. The summed E-state index contributed by atoms with van der Waals surface area (Å²) in [5, 5.41) is 9.19. The number of hydrogen-bond acceptors (Lipinski definition) is 1. The average Bonchev–Trinajstić information content (AvgIpc) is 1.94. The number of rotatable bonds is 1. The number of allylic oxidation sites excluding steroid dienone is 1. The minimum absolute atomic E-state index is 0.376. The van der Waals surface area contributed by atoms with E-state index in [1.807, 2.05) is 0 Å². The third kappa shape index (κ3) is 1.98. The molecule has 1 N–H and O–H groups in total. The summed E-state index contributed by atoms with van der Waals surface area (Å²) in [6, 6.07) is 0. The molecule has 0 aromatic carbocycles. The highest BCUT2D eigenvalue weighted by Gasteiger charge is 2.25. The average molecular weight is 154 g/mol. The van der Waals surface area contributed by atoms with Gasteiger partial charge < -0.3 is 5.11 Å². The van der Waals surface area contributed by atoms with Crippen molar-refractivity contribution in [2.75, 3.05) is 0 Å². The Morgan fingerprint density at radius 2 is 1.91 bits per heavy atom. The van der Waals surface area contributed by atoms with E-state index in [0.29, 0.717) is 11.7 Å². The van der Waals surface area contributed by atoms with Gasteiger partial charge in [0.05, 0.1) is 5.76 Å². The van der Waals surface area contributed by atoms with E-state index in [9.17, 15) is 5.11 Å². The molecule has 0 aromatic heterocycles. The lowest BCUT2D eigenvalue weighted by atomic mass is 9.75. The molecule has 0 spiro atoms. The molecule has 0 amide bonds. The Balaban J connectivity index is 2.46. The van der Waals surface area contributed by atoms with Crippen LogP contribution in [0, 0.1) is 17.8 Å². The van der Waals surface area contributed by atoms with E-state index < -0.39 is 0 Å².